The number of carbonyl (C=O) groups excluding carboxylic acids is 1. The van der Waals surface area contributed by atoms with E-state index in [9.17, 15) is 26.4 Å². The summed E-state index contributed by atoms with van der Waals surface area (Å²) < 4.78 is 63.7. The zero-order valence-corrected chi connectivity index (χ0v) is 16.0. The third-order valence-corrected chi connectivity index (χ3v) is 5.84. The van der Waals surface area contributed by atoms with Crippen LogP contribution >= 0.6 is 0 Å². The lowest BCUT2D eigenvalue weighted by Gasteiger charge is -2.13. The number of nitrogens with one attached hydrogen (secondary N) is 1. The van der Waals surface area contributed by atoms with Crippen LogP contribution in [0, 0.1) is 5.92 Å². The van der Waals surface area contributed by atoms with E-state index in [0.29, 0.717) is 0 Å². The monoisotopic (exact) mass is 415 g/mol. The summed E-state index contributed by atoms with van der Waals surface area (Å²) in [6, 6.07) is 6.27. The summed E-state index contributed by atoms with van der Waals surface area (Å²) in [5.41, 5.74) is -1.15. The molecule has 152 valence electrons. The molecule has 28 heavy (non-hydrogen) atoms. The summed E-state index contributed by atoms with van der Waals surface area (Å²) in [6.07, 6.45) is 0.166. The molecule has 2 aromatic rings. The van der Waals surface area contributed by atoms with E-state index in [4.69, 9.17) is 0 Å². The minimum absolute atomic E-state index is 0.000689. The van der Waals surface area contributed by atoms with Crippen molar-refractivity contribution in [3.05, 3.63) is 41.7 Å². The summed E-state index contributed by atoms with van der Waals surface area (Å²) in [7, 11) is -3.48. The van der Waals surface area contributed by atoms with Crippen molar-refractivity contribution >= 4 is 21.4 Å². The highest BCUT2D eigenvalue weighted by Gasteiger charge is 2.36. The van der Waals surface area contributed by atoms with E-state index in [2.05, 4.69) is 10.4 Å². The standard InChI is InChI=1S/C18H20F3N3O3S/c1-28(26,27)14-8-4-7-13(9-14)22-17(25)15-10-16(18(19,20)21)23-24(15)11-12-5-2-3-6-12/h4,7-10,12H,2-3,5-6,11H2,1H3,(H,22,25). The molecule has 10 heteroatoms. The van der Waals surface area contributed by atoms with Gasteiger partial charge in [0.05, 0.1) is 4.90 Å². The highest BCUT2D eigenvalue weighted by atomic mass is 32.2. The predicted molar refractivity (Wildman–Crippen MR) is 96.7 cm³/mol. The number of benzene rings is 1. The van der Waals surface area contributed by atoms with Crippen molar-refractivity contribution in [1.29, 1.82) is 0 Å². The van der Waals surface area contributed by atoms with Gasteiger partial charge in [0.2, 0.25) is 0 Å². The zero-order chi connectivity index (χ0) is 20.5. The third-order valence-electron chi connectivity index (χ3n) is 4.73. The number of sulfone groups is 1. The van der Waals surface area contributed by atoms with Crippen molar-refractivity contribution in [2.45, 2.75) is 43.3 Å². The van der Waals surface area contributed by atoms with Gasteiger partial charge in [-0.3, -0.25) is 9.48 Å². The summed E-state index contributed by atoms with van der Waals surface area (Å²) in [5.74, 6) is -0.590. The van der Waals surface area contributed by atoms with Crippen molar-refractivity contribution in [3.63, 3.8) is 0 Å². The van der Waals surface area contributed by atoms with Crippen molar-refractivity contribution in [2.24, 2.45) is 5.92 Å². The molecule has 1 aromatic carbocycles. The van der Waals surface area contributed by atoms with Crippen LogP contribution in [0.5, 0.6) is 0 Å². The molecule has 1 N–H and O–H groups in total. The van der Waals surface area contributed by atoms with Crippen LogP contribution < -0.4 is 5.32 Å². The Kier molecular flexibility index (Phi) is 5.51. The Morgan fingerprint density at radius 1 is 1.25 bits per heavy atom. The molecule has 0 saturated heterocycles. The largest absolute Gasteiger partial charge is 0.435 e. The average Bonchev–Trinajstić information content (AvgIpc) is 3.24. The Balaban J connectivity index is 1.88. The van der Waals surface area contributed by atoms with Gasteiger partial charge in [-0.15, -0.1) is 0 Å². The van der Waals surface area contributed by atoms with Crippen molar-refractivity contribution < 1.29 is 26.4 Å². The van der Waals surface area contributed by atoms with Gasteiger partial charge in [-0.2, -0.15) is 18.3 Å². The summed E-state index contributed by atoms with van der Waals surface area (Å²) in [6.45, 7) is 0.238. The molecular formula is C18H20F3N3O3S. The number of hydrogen-bond donors (Lipinski definition) is 1. The van der Waals surface area contributed by atoms with Crippen molar-refractivity contribution in [2.75, 3.05) is 11.6 Å². The van der Waals surface area contributed by atoms with Gasteiger partial charge in [-0.1, -0.05) is 18.9 Å². The average molecular weight is 415 g/mol. The molecule has 0 radical (unpaired) electrons. The van der Waals surface area contributed by atoms with Gasteiger partial charge in [0.25, 0.3) is 5.91 Å². The second kappa shape index (κ2) is 7.57. The first-order valence-electron chi connectivity index (χ1n) is 8.80. The van der Waals surface area contributed by atoms with Gasteiger partial charge in [0, 0.05) is 24.6 Å². The van der Waals surface area contributed by atoms with Crippen molar-refractivity contribution in [1.82, 2.24) is 9.78 Å². The third kappa shape index (κ3) is 4.73. The van der Waals surface area contributed by atoms with Gasteiger partial charge < -0.3 is 5.32 Å². The van der Waals surface area contributed by atoms with Gasteiger partial charge >= 0.3 is 6.18 Å². The van der Waals surface area contributed by atoms with Crippen LogP contribution in [0.3, 0.4) is 0 Å². The topological polar surface area (TPSA) is 81.1 Å². The minimum Gasteiger partial charge on any atom is -0.321 e. The molecule has 1 aliphatic rings. The fourth-order valence-electron chi connectivity index (χ4n) is 3.31. The summed E-state index contributed by atoms with van der Waals surface area (Å²) in [5, 5.41) is 6.07. The number of aromatic nitrogens is 2. The van der Waals surface area contributed by atoms with Gasteiger partial charge in [-0.05, 0) is 37.0 Å². The first-order valence-corrected chi connectivity index (χ1v) is 10.7. The second-order valence-corrected chi connectivity index (χ2v) is 9.02. The van der Waals surface area contributed by atoms with Crippen LogP contribution in [0.2, 0.25) is 0 Å². The van der Waals surface area contributed by atoms with Crippen LogP contribution in [0.25, 0.3) is 0 Å². The SMILES string of the molecule is CS(=O)(=O)c1cccc(NC(=O)c2cc(C(F)(F)F)nn2CC2CCCC2)c1. The number of alkyl halides is 3. The Bertz CT molecular complexity index is 977. The smallest absolute Gasteiger partial charge is 0.321 e. The van der Waals surface area contributed by atoms with E-state index in [1.807, 2.05) is 0 Å². The molecular weight excluding hydrogens is 395 g/mol. The Labute approximate surface area is 160 Å². The van der Waals surface area contributed by atoms with E-state index in [1.54, 1.807) is 0 Å². The Hall–Kier alpha value is -2.36. The Morgan fingerprint density at radius 2 is 1.93 bits per heavy atom. The molecule has 0 unspecified atom stereocenters. The van der Waals surface area contributed by atoms with Crippen LogP contribution in [0.4, 0.5) is 18.9 Å². The van der Waals surface area contributed by atoms with Gasteiger partial charge in [0.1, 0.15) is 5.69 Å². The van der Waals surface area contributed by atoms with Crippen LogP contribution in [-0.2, 0) is 22.6 Å². The molecule has 1 fully saturated rings. The molecule has 1 saturated carbocycles. The van der Waals surface area contributed by atoms with E-state index in [1.165, 1.54) is 24.3 Å². The Morgan fingerprint density at radius 3 is 2.54 bits per heavy atom. The first-order chi connectivity index (χ1) is 13.0. The number of rotatable bonds is 5. The normalized spacial score (nSPS) is 15.7. The number of hydrogen-bond acceptors (Lipinski definition) is 4. The van der Waals surface area contributed by atoms with Crippen molar-refractivity contribution in [3.8, 4) is 0 Å². The maximum atomic E-state index is 13.1. The number of amides is 1. The highest BCUT2D eigenvalue weighted by Crippen LogP contribution is 2.31. The lowest BCUT2D eigenvalue weighted by Crippen LogP contribution is -2.20. The summed E-state index contributed by atoms with van der Waals surface area (Å²) >= 11 is 0. The predicted octanol–water partition coefficient (Wildman–Crippen LogP) is 3.75. The maximum absolute atomic E-state index is 13.1. The number of carbonyl (C=O) groups is 1. The van der Waals surface area contributed by atoms with Crippen LogP contribution in [0.15, 0.2) is 35.2 Å². The molecule has 1 amide bonds. The number of anilines is 1. The zero-order valence-electron chi connectivity index (χ0n) is 15.2. The lowest BCUT2D eigenvalue weighted by molar-refractivity contribution is -0.141. The minimum atomic E-state index is -4.66. The maximum Gasteiger partial charge on any atom is 0.435 e. The quantitative estimate of drug-likeness (QED) is 0.807. The lowest BCUT2D eigenvalue weighted by atomic mass is 10.1. The first kappa shape index (κ1) is 20.4. The van der Waals surface area contributed by atoms with E-state index < -0.39 is 27.6 Å². The van der Waals surface area contributed by atoms with Gasteiger partial charge in [0.15, 0.2) is 15.5 Å². The van der Waals surface area contributed by atoms with Gasteiger partial charge in [-0.25, -0.2) is 8.42 Å². The molecule has 0 atom stereocenters. The molecule has 3 rings (SSSR count). The summed E-state index contributed by atoms with van der Waals surface area (Å²) in [4.78, 5) is 12.6. The fraction of sp³-hybridized carbons (Fsp3) is 0.444. The highest BCUT2D eigenvalue weighted by molar-refractivity contribution is 7.90. The molecule has 1 aromatic heterocycles. The molecule has 1 heterocycles. The fourth-order valence-corrected chi connectivity index (χ4v) is 3.98. The number of halogens is 3. The molecule has 6 nitrogen and oxygen atoms in total. The number of nitrogens with zero attached hydrogens (tertiary/aromatic N) is 2. The second-order valence-electron chi connectivity index (χ2n) is 7.00. The molecule has 0 spiro atoms. The molecule has 0 aliphatic heterocycles. The van der Waals surface area contributed by atoms with E-state index in [-0.39, 0.29) is 28.7 Å². The van der Waals surface area contributed by atoms with E-state index in [0.717, 1.165) is 42.7 Å². The molecule has 1 aliphatic carbocycles. The molecule has 0 bridgehead atoms. The van der Waals surface area contributed by atoms with Crippen LogP contribution in [-0.4, -0.2) is 30.4 Å². The van der Waals surface area contributed by atoms with Crippen LogP contribution in [0.1, 0.15) is 41.9 Å². The van der Waals surface area contributed by atoms with E-state index >= 15 is 0 Å².